The molecule has 0 bridgehead atoms. The lowest BCUT2D eigenvalue weighted by Gasteiger charge is -2.07. The molecule has 0 saturated heterocycles. The molecule has 0 atom stereocenters. The third-order valence-corrected chi connectivity index (χ3v) is 5.91. The minimum absolute atomic E-state index is 0.481. The quantitative estimate of drug-likeness (QED) is 0.460. The molecule has 1 aromatic heterocycles. The molecule has 0 radical (unpaired) electrons. The topological polar surface area (TPSA) is 30.7 Å². The average Bonchev–Trinajstić information content (AvgIpc) is 2.91. The first-order chi connectivity index (χ1) is 11.5. The Bertz CT molecular complexity index is 875. The first-order valence-corrected chi connectivity index (χ1v) is 9.37. The largest absolute Gasteiger partial charge is 0.305 e. The zero-order chi connectivity index (χ0) is 17.3. The van der Waals surface area contributed by atoms with E-state index in [-0.39, 0.29) is 0 Å². The lowest BCUT2D eigenvalue weighted by Crippen LogP contribution is -1.95. The molecular weight excluding hydrogens is 408 g/mol. The third kappa shape index (κ3) is 3.68. The number of hydrogen-bond acceptors (Lipinski definition) is 3. The molecule has 24 heavy (non-hydrogen) atoms. The van der Waals surface area contributed by atoms with Gasteiger partial charge in [-0.05, 0) is 35.9 Å². The zero-order valence-corrected chi connectivity index (χ0v) is 16.3. The summed E-state index contributed by atoms with van der Waals surface area (Å²) in [5.74, 6) is 1.31. The third-order valence-electron chi connectivity index (χ3n) is 3.42. The van der Waals surface area contributed by atoms with E-state index in [4.69, 9.17) is 46.4 Å². The maximum atomic E-state index is 6.20. The van der Waals surface area contributed by atoms with E-state index in [0.29, 0.717) is 31.7 Å². The van der Waals surface area contributed by atoms with Gasteiger partial charge >= 0.3 is 0 Å². The fourth-order valence-corrected chi connectivity index (χ4v) is 4.08. The summed E-state index contributed by atoms with van der Waals surface area (Å²) < 4.78 is 1.90. The molecule has 0 aliphatic carbocycles. The van der Waals surface area contributed by atoms with Gasteiger partial charge in [-0.1, -0.05) is 64.2 Å². The Labute approximate surface area is 163 Å². The van der Waals surface area contributed by atoms with Crippen LogP contribution in [0.15, 0.2) is 41.6 Å². The number of rotatable bonds is 4. The van der Waals surface area contributed by atoms with E-state index in [1.54, 1.807) is 12.1 Å². The molecule has 2 aromatic carbocycles. The van der Waals surface area contributed by atoms with Gasteiger partial charge in [-0.25, -0.2) is 0 Å². The second-order valence-corrected chi connectivity index (χ2v) is 7.55. The minimum atomic E-state index is 0.481. The number of benzene rings is 2. The van der Waals surface area contributed by atoms with Crippen LogP contribution in [0.2, 0.25) is 20.1 Å². The standard InChI is InChI=1S/C16H11Cl4N3S/c1-23-15(9-5-6-13(19)14(20)7-9)21-22-16(23)24-8-10-11(17)3-2-4-12(10)18/h2-7H,8H2,1H3. The van der Waals surface area contributed by atoms with E-state index < -0.39 is 0 Å². The molecule has 0 spiro atoms. The lowest BCUT2D eigenvalue weighted by molar-refractivity contribution is 0.794. The van der Waals surface area contributed by atoms with Gasteiger partial charge in [0.25, 0.3) is 0 Å². The van der Waals surface area contributed by atoms with E-state index >= 15 is 0 Å². The molecular formula is C16H11Cl4N3S. The molecule has 0 aliphatic rings. The van der Waals surface area contributed by atoms with Crippen LogP contribution in [0.5, 0.6) is 0 Å². The highest BCUT2D eigenvalue weighted by Crippen LogP contribution is 2.33. The predicted octanol–water partition coefficient (Wildman–Crippen LogP) is 6.39. The van der Waals surface area contributed by atoms with Gasteiger partial charge in [0.1, 0.15) is 0 Å². The lowest BCUT2D eigenvalue weighted by atomic mass is 10.2. The minimum Gasteiger partial charge on any atom is -0.305 e. The second kappa shape index (κ2) is 7.54. The molecule has 124 valence electrons. The van der Waals surface area contributed by atoms with Gasteiger partial charge in [0.05, 0.1) is 10.0 Å². The Morgan fingerprint density at radius 3 is 2.29 bits per heavy atom. The van der Waals surface area contributed by atoms with Gasteiger partial charge in [0, 0.05) is 28.4 Å². The van der Waals surface area contributed by atoms with E-state index in [1.807, 2.05) is 35.9 Å². The Kier molecular flexibility index (Phi) is 5.63. The van der Waals surface area contributed by atoms with Crippen molar-refractivity contribution < 1.29 is 0 Å². The molecule has 1 heterocycles. The van der Waals surface area contributed by atoms with Gasteiger partial charge in [0.15, 0.2) is 11.0 Å². The van der Waals surface area contributed by atoms with E-state index in [0.717, 1.165) is 16.3 Å². The molecule has 3 aromatic rings. The molecule has 0 amide bonds. The summed E-state index contributed by atoms with van der Waals surface area (Å²) >= 11 is 25.9. The summed E-state index contributed by atoms with van der Waals surface area (Å²) in [7, 11) is 1.90. The van der Waals surface area contributed by atoms with Crippen molar-refractivity contribution in [3.63, 3.8) is 0 Å². The van der Waals surface area contributed by atoms with Crippen LogP contribution >= 0.6 is 58.2 Å². The summed E-state index contributed by atoms with van der Waals surface area (Å²) in [5.41, 5.74) is 1.73. The van der Waals surface area contributed by atoms with Crippen molar-refractivity contribution in [2.75, 3.05) is 0 Å². The monoisotopic (exact) mass is 417 g/mol. The van der Waals surface area contributed by atoms with Crippen molar-refractivity contribution in [1.29, 1.82) is 0 Å². The number of thioether (sulfide) groups is 1. The first-order valence-electron chi connectivity index (χ1n) is 6.88. The first kappa shape index (κ1) is 17.9. The molecule has 3 nitrogen and oxygen atoms in total. The maximum Gasteiger partial charge on any atom is 0.191 e. The van der Waals surface area contributed by atoms with Crippen LogP contribution in [0.3, 0.4) is 0 Å². The molecule has 0 fully saturated rings. The van der Waals surface area contributed by atoms with Crippen molar-refractivity contribution in [2.45, 2.75) is 10.9 Å². The van der Waals surface area contributed by atoms with Crippen LogP contribution in [0.25, 0.3) is 11.4 Å². The van der Waals surface area contributed by atoms with Crippen molar-refractivity contribution in [2.24, 2.45) is 7.05 Å². The van der Waals surface area contributed by atoms with Crippen molar-refractivity contribution in [3.8, 4) is 11.4 Å². The van der Waals surface area contributed by atoms with Crippen LogP contribution in [-0.2, 0) is 12.8 Å². The SMILES string of the molecule is Cn1c(SCc2c(Cl)cccc2Cl)nnc1-c1ccc(Cl)c(Cl)c1. The van der Waals surface area contributed by atoms with Gasteiger partial charge in [0.2, 0.25) is 0 Å². The van der Waals surface area contributed by atoms with Crippen LogP contribution < -0.4 is 0 Å². The normalized spacial score (nSPS) is 11.0. The Morgan fingerprint density at radius 2 is 1.62 bits per heavy atom. The van der Waals surface area contributed by atoms with Gasteiger partial charge in [-0.15, -0.1) is 10.2 Å². The maximum absolute atomic E-state index is 6.20. The Hall–Kier alpha value is -0.910. The smallest absolute Gasteiger partial charge is 0.191 e. The number of aromatic nitrogens is 3. The number of hydrogen-bond donors (Lipinski definition) is 0. The summed E-state index contributed by atoms with van der Waals surface area (Å²) in [6.45, 7) is 0. The van der Waals surface area contributed by atoms with Crippen molar-refractivity contribution in [1.82, 2.24) is 14.8 Å². The summed E-state index contributed by atoms with van der Waals surface area (Å²) in [5, 5.41) is 11.5. The number of nitrogens with zero attached hydrogens (tertiary/aromatic N) is 3. The highest BCUT2D eigenvalue weighted by atomic mass is 35.5. The molecule has 8 heteroatoms. The van der Waals surface area contributed by atoms with Crippen LogP contribution in [0, 0.1) is 0 Å². The Balaban J connectivity index is 1.84. The van der Waals surface area contributed by atoms with Gasteiger partial charge in [-0.3, -0.25) is 0 Å². The highest BCUT2D eigenvalue weighted by molar-refractivity contribution is 7.98. The van der Waals surface area contributed by atoms with Gasteiger partial charge < -0.3 is 4.57 Å². The predicted molar refractivity (Wildman–Crippen MR) is 102 cm³/mol. The fraction of sp³-hybridized carbons (Fsp3) is 0.125. The van der Waals surface area contributed by atoms with Crippen molar-refractivity contribution in [3.05, 3.63) is 62.1 Å². The van der Waals surface area contributed by atoms with Crippen molar-refractivity contribution >= 4 is 58.2 Å². The number of halogens is 4. The average molecular weight is 419 g/mol. The molecule has 3 rings (SSSR count). The Morgan fingerprint density at radius 1 is 0.917 bits per heavy atom. The van der Waals surface area contributed by atoms with Crippen LogP contribution in [-0.4, -0.2) is 14.8 Å². The molecule has 0 saturated carbocycles. The van der Waals surface area contributed by atoms with E-state index in [1.165, 1.54) is 11.8 Å². The van der Waals surface area contributed by atoms with Crippen LogP contribution in [0.4, 0.5) is 0 Å². The van der Waals surface area contributed by atoms with Gasteiger partial charge in [-0.2, -0.15) is 0 Å². The van der Waals surface area contributed by atoms with E-state index in [2.05, 4.69) is 10.2 Å². The molecule has 0 N–H and O–H groups in total. The molecule has 0 aliphatic heterocycles. The fourth-order valence-electron chi connectivity index (χ4n) is 2.13. The summed E-state index contributed by atoms with van der Waals surface area (Å²) in [6, 6.07) is 10.8. The summed E-state index contributed by atoms with van der Waals surface area (Å²) in [4.78, 5) is 0. The van der Waals surface area contributed by atoms with E-state index in [9.17, 15) is 0 Å². The zero-order valence-electron chi connectivity index (χ0n) is 12.4. The highest BCUT2D eigenvalue weighted by Gasteiger charge is 2.14. The van der Waals surface area contributed by atoms with Crippen LogP contribution in [0.1, 0.15) is 5.56 Å². The molecule has 0 unspecified atom stereocenters. The summed E-state index contributed by atoms with van der Waals surface area (Å²) in [6.07, 6.45) is 0. The second-order valence-electron chi connectivity index (χ2n) is 4.98.